The Hall–Kier alpha value is -7.28. The average molecular weight is 1090 g/mol. The molecule has 25 heteroatoms. The lowest BCUT2D eigenvalue weighted by molar-refractivity contribution is -0.138. The quantitative estimate of drug-likeness (QED) is 0.107. The fourth-order valence-electron chi connectivity index (χ4n) is 8.67. The molecule has 0 bridgehead atoms. The average Bonchev–Trinajstić information content (AvgIpc) is 4.03. The van der Waals surface area contributed by atoms with E-state index in [1.54, 1.807) is 61.4 Å². The Labute approximate surface area is 433 Å². The molecule has 0 aliphatic carbocycles. The van der Waals surface area contributed by atoms with Gasteiger partial charge in [0.2, 0.25) is 0 Å². The van der Waals surface area contributed by atoms with E-state index in [1.807, 2.05) is 13.8 Å². The number of aromatic nitrogens is 6. The summed E-state index contributed by atoms with van der Waals surface area (Å²) in [6, 6.07) is 7.37. The normalized spacial score (nSPS) is 15.8. The molecule has 4 aromatic heterocycles. The van der Waals surface area contributed by atoms with Gasteiger partial charge in [0.15, 0.2) is 11.6 Å². The Kier molecular flexibility index (Phi) is 16.4. The number of anilines is 2. The Morgan fingerprint density at radius 2 is 1.17 bits per heavy atom. The number of nitrogens with zero attached hydrogens (tertiary/aromatic N) is 8. The third-order valence-corrected chi connectivity index (χ3v) is 13.5. The molecule has 0 saturated heterocycles. The highest BCUT2D eigenvalue weighted by Crippen LogP contribution is 2.47. The molecule has 76 heavy (non-hydrogen) atoms. The lowest BCUT2D eigenvalue weighted by atomic mass is 9.92. The van der Waals surface area contributed by atoms with Gasteiger partial charge in [0.05, 0.1) is 68.0 Å². The number of alkyl halides is 5. The van der Waals surface area contributed by atoms with Crippen molar-refractivity contribution in [1.82, 2.24) is 29.5 Å². The number of sulfone groups is 1. The predicted octanol–water partition coefficient (Wildman–Crippen LogP) is 10.9. The first kappa shape index (κ1) is 56.4. The van der Waals surface area contributed by atoms with E-state index in [9.17, 15) is 49.5 Å². The first-order valence-corrected chi connectivity index (χ1v) is 25.8. The molecule has 6 aromatic rings. The van der Waals surface area contributed by atoms with Crippen LogP contribution in [-0.2, 0) is 57.3 Å². The Bertz CT molecular complexity index is 3230. The molecule has 2 aromatic carbocycles. The van der Waals surface area contributed by atoms with Crippen LogP contribution in [0.1, 0.15) is 76.1 Å². The summed E-state index contributed by atoms with van der Waals surface area (Å²) in [6.45, 7) is 8.65. The van der Waals surface area contributed by atoms with Gasteiger partial charge in [-0.15, -0.1) is 0 Å². The molecule has 8 rings (SSSR count). The van der Waals surface area contributed by atoms with Crippen LogP contribution in [0.15, 0.2) is 73.6 Å². The minimum atomic E-state index is -4.79. The van der Waals surface area contributed by atoms with E-state index >= 15 is 4.39 Å². The van der Waals surface area contributed by atoms with Crippen LogP contribution in [0.2, 0.25) is 0 Å². The molecular weight excluding hydrogens is 1030 g/mol. The van der Waals surface area contributed by atoms with E-state index in [0.717, 1.165) is 18.5 Å². The van der Waals surface area contributed by atoms with Crippen molar-refractivity contribution in [3.63, 3.8) is 0 Å². The third-order valence-electron chi connectivity index (χ3n) is 12.6. The van der Waals surface area contributed by atoms with Gasteiger partial charge in [-0.1, -0.05) is 6.92 Å². The molecule has 408 valence electrons. The molecule has 0 fully saturated rings. The van der Waals surface area contributed by atoms with Crippen molar-refractivity contribution in [2.75, 3.05) is 36.0 Å². The van der Waals surface area contributed by atoms with Crippen molar-refractivity contribution in [3.8, 4) is 45.5 Å². The van der Waals surface area contributed by atoms with Gasteiger partial charge in [-0.3, -0.25) is 19.2 Å². The molecule has 6 heterocycles. The second-order valence-corrected chi connectivity index (χ2v) is 21.2. The highest BCUT2D eigenvalue weighted by atomic mass is 32.2. The number of aryl methyl sites for hydroxylation is 1. The second kappa shape index (κ2) is 22.1. The topological polar surface area (TPSA) is 193 Å². The predicted molar refractivity (Wildman–Crippen MR) is 264 cm³/mol. The zero-order chi connectivity index (χ0) is 55.7. The van der Waals surface area contributed by atoms with Gasteiger partial charge < -0.3 is 24.1 Å². The van der Waals surface area contributed by atoms with Crippen LogP contribution in [0.4, 0.5) is 51.7 Å². The van der Waals surface area contributed by atoms with Gasteiger partial charge in [-0.05, 0) is 89.8 Å². The SMILES string of the molecule is CCC(F)(F)c1cnc(Oc2c(-c3cnn(CC(C)(C)O)c3)ccc3c2CC[C@H](C)N3C(=O)OC)c(F)c1.COC(=O)N1c2ccc(-c3cnn(CCS(C)(=O)=O)c3)c(Oc3ncc(C(F)(F)F)cc3F)c2CC[C@@H]1C. The van der Waals surface area contributed by atoms with Gasteiger partial charge >= 0.3 is 18.4 Å². The summed E-state index contributed by atoms with van der Waals surface area (Å²) < 4.78 is 145. The van der Waals surface area contributed by atoms with Crippen LogP contribution in [0.3, 0.4) is 0 Å². The summed E-state index contributed by atoms with van der Waals surface area (Å²) in [7, 11) is -0.716. The summed E-state index contributed by atoms with van der Waals surface area (Å²) >= 11 is 0. The standard InChI is InChI=1S/C27H31F3N4O4.C24H24F4N4O5S/c1-6-27(29,30)18-11-21(28)24(31-13-18)38-23-19(17-12-32-33(14-17)15-26(3,4)36)9-10-22-20(23)8-7-16(2)34(22)25(35)37-5;1-14-4-5-18-20(32(14)23(33)36-2)7-6-17(15-11-30-31(13-15)8-9-38(3,34)35)21(18)37-22-19(25)10-16(12-29-22)24(26,27)28/h9-14,16,36H,6-8,15H2,1-5H3;6-7,10-14H,4-5,8-9H2,1-3H3/t16-;14-/m00/s1. The third kappa shape index (κ3) is 12.7. The van der Waals surface area contributed by atoms with Crippen LogP contribution in [0.25, 0.3) is 22.3 Å². The minimum absolute atomic E-state index is 0.0807. The number of methoxy groups -OCH3 is 2. The van der Waals surface area contributed by atoms with Gasteiger partial charge in [0.1, 0.15) is 21.3 Å². The van der Waals surface area contributed by atoms with Crippen molar-refractivity contribution in [3.05, 3.63) is 107 Å². The summed E-state index contributed by atoms with van der Waals surface area (Å²) in [5, 5.41) is 18.7. The molecule has 0 unspecified atom stereocenters. The maximum atomic E-state index is 15.0. The number of fused-ring (bicyclic) bond motifs is 2. The zero-order valence-electron chi connectivity index (χ0n) is 42.6. The fourth-order valence-corrected chi connectivity index (χ4v) is 9.19. The van der Waals surface area contributed by atoms with Crippen LogP contribution < -0.4 is 19.3 Å². The number of halogens is 7. The monoisotopic (exact) mass is 1090 g/mol. The molecule has 17 nitrogen and oxygen atoms in total. The molecule has 2 amide bonds. The number of carbonyl (C=O) groups excluding carboxylic acids is 2. The van der Waals surface area contributed by atoms with E-state index < -0.39 is 80.7 Å². The maximum absolute atomic E-state index is 15.0. The number of amides is 2. The summed E-state index contributed by atoms with van der Waals surface area (Å²) in [5.74, 6) is -6.57. The summed E-state index contributed by atoms with van der Waals surface area (Å²) in [4.78, 5) is 35.5. The van der Waals surface area contributed by atoms with Crippen LogP contribution in [0, 0.1) is 11.6 Å². The summed E-state index contributed by atoms with van der Waals surface area (Å²) in [6.07, 6.45) is 4.32. The number of carbonyl (C=O) groups is 2. The number of rotatable bonds is 13. The molecule has 0 radical (unpaired) electrons. The molecule has 0 saturated carbocycles. The first-order chi connectivity index (χ1) is 35.6. The molecule has 1 N–H and O–H groups in total. The number of ether oxygens (including phenoxy) is 4. The lowest BCUT2D eigenvalue weighted by Crippen LogP contribution is -2.42. The van der Waals surface area contributed by atoms with Crippen LogP contribution in [0.5, 0.6) is 23.3 Å². The van der Waals surface area contributed by atoms with Crippen molar-refractivity contribution >= 4 is 33.4 Å². The van der Waals surface area contributed by atoms with Gasteiger partial charge in [-0.2, -0.15) is 23.4 Å². The van der Waals surface area contributed by atoms with Crippen LogP contribution >= 0.6 is 0 Å². The molecule has 0 spiro atoms. The highest BCUT2D eigenvalue weighted by molar-refractivity contribution is 7.90. The molecule has 2 aliphatic heterocycles. The highest BCUT2D eigenvalue weighted by Gasteiger charge is 2.37. The van der Waals surface area contributed by atoms with Crippen molar-refractivity contribution in [2.45, 2.75) is 110 Å². The van der Waals surface area contributed by atoms with E-state index in [1.165, 1.54) is 41.8 Å². The van der Waals surface area contributed by atoms with E-state index in [0.29, 0.717) is 82.7 Å². The zero-order valence-corrected chi connectivity index (χ0v) is 43.4. The van der Waals surface area contributed by atoms with Crippen molar-refractivity contribution < 1.29 is 72.8 Å². The number of benzene rings is 2. The Balaban J connectivity index is 0.000000221. The smallest absolute Gasteiger partial charge is 0.417 e. The maximum Gasteiger partial charge on any atom is 0.417 e. The van der Waals surface area contributed by atoms with Crippen molar-refractivity contribution in [2.24, 2.45) is 0 Å². The molecule has 2 atom stereocenters. The first-order valence-electron chi connectivity index (χ1n) is 23.8. The summed E-state index contributed by atoms with van der Waals surface area (Å²) in [5.41, 5.74) is 1.29. The fraction of sp³-hybridized carbons (Fsp3) is 0.412. The molecule has 2 aliphatic rings. The lowest BCUT2D eigenvalue weighted by Gasteiger charge is -2.35. The Morgan fingerprint density at radius 1 is 0.724 bits per heavy atom. The van der Waals surface area contributed by atoms with Crippen molar-refractivity contribution in [1.29, 1.82) is 0 Å². The van der Waals surface area contributed by atoms with Gasteiger partial charge in [0.25, 0.3) is 17.7 Å². The van der Waals surface area contributed by atoms with Gasteiger partial charge in [-0.25, -0.2) is 45.5 Å². The minimum Gasteiger partial charge on any atom is -0.452 e. The number of aliphatic hydroxyl groups is 1. The second-order valence-electron chi connectivity index (χ2n) is 19.0. The largest absolute Gasteiger partial charge is 0.452 e. The Morgan fingerprint density at radius 3 is 1.59 bits per heavy atom. The number of pyridine rings is 2. The van der Waals surface area contributed by atoms with E-state index in [2.05, 4.69) is 20.2 Å². The van der Waals surface area contributed by atoms with E-state index in [-0.39, 0.29) is 42.4 Å². The number of hydrogen-bond donors (Lipinski definition) is 1. The number of hydrogen-bond acceptors (Lipinski definition) is 13. The van der Waals surface area contributed by atoms with Crippen LogP contribution in [-0.4, -0.2) is 99.2 Å². The van der Waals surface area contributed by atoms with Gasteiger partial charge in [0, 0.05) is 88.5 Å². The van der Waals surface area contributed by atoms with E-state index in [4.69, 9.17) is 18.9 Å². The molecular formula is C51H55F7N8O9S.